The normalized spacial score (nSPS) is 13.0. The fourth-order valence-electron chi connectivity index (χ4n) is 4.12. The topological polar surface area (TPSA) is 72.2 Å². The van der Waals surface area contributed by atoms with Crippen LogP contribution in [0.3, 0.4) is 0 Å². The van der Waals surface area contributed by atoms with Gasteiger partial charge in [0.1, 0.15) is 5.56 Å². The van der Waals surface area contributed by atoms with Crippen molar-refractivity contribution in [3.05, 3.63) is 77.1 Å². The number of pyridine rings is 1. The molecular formula is C26H27Cl2N3O5. The van der Waals surface area contributed by atoms with Gasteiger partial charge >= 0.3 is 5.91 Å². The van der Waals surface area contributed by atoms with Crippen LogP contribution >= 0.6 is 11.6 Å². The maximum atomic E-state index is 13.2. The van der Waals surface area contributed by atoms with E-state index >= 15 is 0 Å². The molecule has 0 radical (unpaired) electrons. The van der Waals surface area contributed by atoms with Crippen molar-refractivity contribution in [2.75, 3.05) is 52.4 Å². The molecule has 1 aliphatic rings. The van der Waals surface area contributed by atoms with Crippen LogP contribution < -0.4 is 36.1 Å². The Morgan fingerprint density at radius 2 is 1.50 bits per heavy atom. The molecule has 8 nitrogen and oxygen atoms in total. The van der Waals surface area contributed by atoms with Crippen molar-refractivity contribution in [2.45, 2.75) is 0 Å². The molecule has 2 aromatic carbocycles. The first-order chi connectivity index (χ1) is 17.0. The second-order valence-electron chi connectivity index (χ2n) is 7.95. The van der Waals surface area contributed by atoms with Gasteiger partial charge in [-0.15, -0.1) is 4.57 Å². The molecule has 0 unspecified atom stereocenters. The number of piperazine rings is 1. The van der Waals surface area contributed by atoms with Gasteiger partial charge < -0.3 is 36.4 Å². The van der Waals surface area contributed by atoms with Crippen LogP contribution in [0.25, 0.3) is 0 Å². The summed E-state index contributed by atoms with van der Waals surface area (Å²) in [6.07, 6.45) is 3.16. The first-order valence-electron chi connectivity index (χ1n) is 11.1. The molecule has 0 bridgehead atoms. The molecule has 190 valence electrons. The zero-order valence-corrected chi connectivity index (χ0v) is 21.8. The van der Waals surface area contributed by atoms with Crippen LogP contribution in [0.5, 0.6) is 17.2 Å². The molecule has 1 saturated heterocycles. The molecule has 36 heavy (non-hydrogen) atoms. The van der Waals surface area contributed by atoms with E-state index in [0.717, 1.165) is 5.69 Å². The van der Waals surface area contributed by atoms with Crippen LogP contribution in [0.4, 0.5) is 5.69 Å². The molecule has 0 aliphatic carbocycles. The van der Waals surface area contributed by atoms with E-state index in [0.29, 0.717) is 59.6 Å². The lowest BCUT2D eigenvalue weighted by molar-refractivity contribution is -0.570. The summed E-state index contributed by atoms with van der Waals surface area (Å²) in [5.41, 5.74) is 1.73. The maximum absolute atomic E-state index is 13.2. The van der Waals surface area contributed by atoms with Gasteiger partial charge in [0.2, 0.25) is 5.75 Å². The smallest absolute Gasteiger partial charge is 0.424 e. The molecule has 1 amide bonds. The minimum absolute atomic E-state index is 0. The quantitative estimate of drug-likeness (QED) is 0.426. The van der Waals surface area contributed by atoms with E-state index in [1.807, 2.05) is 24.3 Å². The Hall–Kier alpha value is -3.49. The highest BCUT2D eigenvalue weighted by Crippen LogP contribution is 2.38. The molecule has 3 aromatic rings. The van der Waals surface area contributed by atoms with Gasteiger partial charge in [-0.3, -0.25) is 4.79 Å². The van der Waals surface area contributed by atoms with Crippen LogP contribution in [0.1, 0.15) is 20.7 Å². The van der Waals surface area contributed by atoms with Crippen LogP contribution in [0.2, 0.25) is 5.02 Å². The van der Waals surface area contributed by atoms with Gasteiger partial charge in [-0.2, -0.15) is 0 Å². The third-order valence-corrected chi connectivity index (χ3v) is 6.27. The van der Waals surface area contributed by atoms with Crippen molar-refractivity contribution >= 4 is 29.1 Å². The summed E-state index contributed by atoms with van der Waals surface area (Å²) < 4.78 is 17.4. The molecule has 0 spiro atoms. The van der Waals surface area contributed by atoms with Crippen molar-refractivity contribution in [1.29, 1.82) is 0 Å². The summed E-state index contributed by atoms with van der Waals surface area (Å²) in [5, 5.41) is 0.696. The predicted molar refractivity (Wildman–Crippen MR) is 132 cm³/mol. The molecule has 10 heteroatoms. The maximum Gasteiger partial charge on any atom is 0.424 e. The highest BCUT2D eigenvalue weighted by atomic mass is 35.5. The Labute approximate surface area is 221 Å². The molecule has 4 rings (SSSR count). The number of methoxy groups -OCH3 is 3. The molecule has 1 fully saturated rings. The third-order valence-electron chi connectivity index (χ3n) is 5.95. The summed E-state index contributed by atoms with van der Waals surface area (Å²) >= 11 is 6.33. The van der Waals surface area contributed by atoms with Crippen LogP contribution in [-0.4, -0.2) is 64.2 Å². The van der Waals surface area contributed by atoms with E-state index < -0.39 is 0 Å². The molecule has 0 atom stereocenters. The van der Waals surface area contributed by atoms with Gasteiger partial charge in [-0.05, 0) is 18.2 Å². The fraction of sp³-hybridized carbons (Fsp3) is 0.269. The first kappa shape index (κ1) is 27.1. The van der Waals surface area contributed by atoms with Crippen molar-refractivity contribution in [1.82, 2.24) is 4.90 Å². The second kappa shape index (κ2) is 12.0. The number of ether oxygens (including phenoxy) is 3. The van der Waals surface area contributed by atoms with Gasteiger partial charge in [0.15, 0.2) is 23.9 Å². The lowest BCUT2D eigenvalue weighted by Gasteiger charge is -2.36. The molecular weight excluding hydrogens is 505 g/mol. The number of para-hydroxylation sites is 1. The number of carbonyl (C=O) groups excluding carboxylic acids is 2. The Morgan fingerprint density at radius 3 is 2.08 bits per heavy atom. The highest BCUT2D eigenvalue weighted by Gasteiger charge is 2.27. The number of amides is 1. The second-order valence-corrected chi connectivity index (χ2v) is 8.36. The number of nitrogens with zero attached hydrogens (tertiary/aromatic N) is 3. The van der Waals surface area contributed by atoms with Crippen LogP contribution in [-0.2, 0) is 0 Å². The number of carbonyl (C=O) groups is 2. The van der Waals surface area contributed by atoms with Crippen molar-refractivity contribution in [3.63, 3.8) is 0 Å². The minimum Gasteiger partial charge on any atom is -1.00 e. The highest BCUT2D eigenvalue weighted by molar-refractivity contribution is 6.33. The van der Waals surface area contributed by atoms with E-state index in [1.54, 1.807) is 41.6 Å². The molecule has 2 heterocycles. The number of rotatable bonds is 6. The summed E-state index contributed by atoms with van der Waals surface area (Å²) in [4.78, 5) is 30.4. The zero-order chi connectivity index (χ0) is 24.9. The monoisotopic (exact) mass is 531 g/mol. The van der Waals surface area contributed by atoms with E-state index in [-0.39, 0.29) is 24.2 Å². The molecule has 0 saturated carbocycles. The first-order valence-corrected chi connectivity index (χ1v) is 11.5. The average molecular weight is 532 g/mol. The summed E-state index contributed by atoms with van der Waals surface area (Å²) in [6.45, 7) is 2.46. The third kappa shape index (κ3) is 5.50. The van der Waals surface area contributed by atoms with Gasteiger partial charge in [0, 0.05) is 44.4 Å². The predicted octanol–water partition coefficient (Wildman–Crippen LogP) is 0.308. The van der Waals surface area contributed by atoms with E-state index in [1.165, 1.54) is 25.9 Å². The van der Waals surface area contributed by atoms with Gasteiger partial charge in [-0.25, -0.2) is 4.79 Å². The molecule has 1 aliphatic heterocycles. The van der Waals surface area contributed by atoms with Gasteiger partial charge in [-0.1, -0.05) is 23.7 Å². The number of halogens is 2. The Morgan fingerprint density at radius 1 is 0.861 bits per heavy atom. The number of hydrogen-bond donors (Lipinski definition) is 0. The minimum atomic E-state index is -0.331. The van der Waals surface area contributed by atoms with E-state index in [2.05, 4.69) is 4.90 Å². The lowest BCUT2D eigenvalue weighted by atomic mass is 10.1. The average Bonchev–Trinajstić information content (AvgIpc) is 2.91. The van der Waals surface area contributed by atoms with Gasteiger partial charge in [0.05, 0.1) is 37.6 Å². The summed E-state index contributed by atoms with van der Waals surface area (Å²) in [7, 11) is 4.48. The Bertz CT molecular complexity index is 1220. The van der Waals surface area contributed by atoms with E-state index in [4.69, 9.17) is 25.8 Å². The molecule has 1 aromatic heterocycles. The number of aromatic nitrogens is 1. The SMILES string of the molecule is COc1cc(C(=O)[n+]2cccc(C(=O)N3CCN(c4ccccc4Cl)CC3)c2)cc(OC)c1OC.[Cl-]. The van der Waals surface area contributed by atoms with E-state index in [9.17, 15) is 9.59 Å². The lowest BCUT2D eigenvalue weighted by Crippen LogP contribution is -3.00. The zero-order valence-electron chi connectivity index (χ0n) is 20.2. The van der Waals surface area contributed by atoms with Gasteiger partial charge in [0.25, 0.3) is 5.91 Å². The van der Waals surface area contributed by atoms with Crippen molar-refractivity contribution < 1.29 is 40.8 Å². The summed E-state index contributed by atoms with van der Waals surface area (Å²) in [5.74, 6) is 0.688. The Balaban J connectivity index is 0.00000361. The largest absolute Gasteiger partial charge is 1.00 e. The van der Waals surface area contributed by atoms with Crippen LogP contribution in [0.15, 0.2) is 60.9 Å². The summed E-state index contributed by atoms with van der Waals surface area (Å²) in [6, 6.07) is 14.3. The molecule has 0 N–H and O–H groups in total. The Kier molecular flexibility index (Phi) is 9.01. The van der Waals surface area contributed by atoms with Crippen molar-refractivity contribution in [3.8, 4) is 17.2 Å². The van der Waals surface area contributed by atoms with Crippen LogP contribution in [0, 0.1) is 0 Å². The fourth-order valence-corrected chi connectivity index (χ4v) is 4.38. The van der Waals surface area contributed by atoms with Crippen molar-refractivity contribution in [2.24, 2.45) is 0 Å². The number of anilines is 1. The number of hydrogen-bond acceptors (Lipinski definition) is 6. The standard InChI is InChI=1S/C26H27ClN3O5.ClH/c1-33-22-15-19(16-23(34-2)24(22)35-3)26(32)30-10-6-7-18(17-30)25(31)29-13-11-28(12-14-29)21-9-5-4-8-20(21)27;/h4-10,15-17H,11-14H2,1-3H3;1H/q+1;/p-1. The number of benzene rings is 2.